The first kappa shape index (κ1) is 12.3. The van der Waals surface area contributed by atoms with Crippen LogP contribution in [-0.2, 0) is 0 Å². The van der Waals surface area contributed by atoms with Crippen molar-refractivity contribution in [2.45, 2.75) is 0 Å². The Morgan fingerprint density at radius 2 is 2.13 bits per heavy atom. The zero-order chi connectivity index (χ0) is 11.4. The van der Waals surface area contributed by atoms with Crippen LogP contribution in [0.3, 0.4) is 0 Å². The van der Waals surface area contributed by atoms with Gasteiger partial charge in [-0.15, -0.1) is 0 Å². The fourth-order valence-electron chi connectivity index (χ4n) is 1.17. The second-order valence-corrected chi connectivity index (χ2v) is 3.74. The summed E-state index contributed by atoms with van der Waals surface area (Å²) in [5.41, 5.74) is 0.371. The second kappa shape index (κ2) is 5.35. The third-order valence-corrected chi connectivity index (χ3v) is 2.47. The molecule has 0 spiro atoms. The van der Waals surface area contributed by atoms with Crippen molar-refractivity contribution in [3.8, 4) is 5.75 Å². The third-order valence-electron chi connectivity index (χ3n) is 1.86. The van der Waals surface area contributed by atoms with Crippen LogP contribution in [0.4, 0.5) is 0 Å². The number of hydrogen-bond donors (Lipinski definition) is 1. The van der Waals surface area contributed by atoms with Gasteiger partial charge in [-0.2, -0.15) is 0 Å². The molecule has 0 saturated heterocycles. The number of halogens is 2. The molecule has 3 nitrogen and oxygen atoms in total. The van der Waals surface area contributed by atoms with E-state index in [0.717, 1.165) is 0 Å². The van der Waals surface area contributed by atoms with Crippen molar-refractivity contribution in [1.82, 2.24) is 5.32 Å². The Hall–Kier alpha value is -0.770. The first-order chi connectivity index (χ1) is 7.10. The lowest BCUT2D eigenvalue weighted by Crippen LogP contribution is -2.19. The maximum absolute atomic E-state index is 11.6. The molecule has 0 aromatic heterocycles. The number of methoxy groups -OCH3 is 1. The molecule has 0 saturated carbocycles. The zero-order valence-electron chi connectivity index (χ0n) is 8.43. The standard InChI is InChI=1S/C10H11Cl2NO2/c1-13-5-8(14)7-3-6(11)4-9(15-2)10(7)12/h3-4,13H,5H2,1-2H3. The van der Waals surface area contributed by atoms with Gasteiger partial charge in [-0.3, -0.25) is 4.79 Å². The topological polar surface area (TPSA) is 38.3 Å². The molecule has 15 heavy (non-hydrogen) atoms. The van der Waals surface area contributed by atoms with E-state index < -0.39 is 0 Å². The number of benzene rings is 1. The summed E-state index contributed by atoms with van der Waals surface area (Å²) in [6.07, 6.45) is 0. The number of ether oxygens (including phenoxy) is 1. The van der Waals surface area contributed by atoms with Gasteiger partial charge >= 0.3 is 0 Å². The van der Waals surface area contributed by atoms with Gasteiger partial charge in [0, 0.05) is 16.7 Å². The quantitative estimate of drug-likeness (QED) is 0.831. The van der Waals surface area contributed by atoms with E-state index in [1.165, 1.54) is 13.2 Å². The highest BCUT2D eigenvalue weighted by atomic mass is 35.5. The van der Waals surface area contributed by atoms with Crippen LogP contribution < -0.4 is 10.1 Å². The summed E-state index contributed by atoms with van der Waals surface area (Å²) in [5, 5.41) is 3.48. The molecule has 1 rings (SSSR count). The van der Waals surface area contributed by atoms with Crippen LogP contribution >= 0.6 is 23.2 Å². The van der Waals surface area contributed by atoms with Gasteiger partial charge in [-0.1, -0.05) is 23.2 Å². The summed E-state index contributed by atoms with van der Waals surface area (Å²) >= 11 is 11.8. The van der Waals surface area contributed by atoms with E-state index in [9.17, 15) is 4.79 Å². The van der Waals surface area contributed by atoms with E-state index in [-0.39, 0.29) is 12.3 Å². The number of hydrogen-bond acceptors (Lipinski definition) is 3. The van der Waals surface area contributed by atoms with Crippen molar-refractivity contribution in [3.05, 3.63) is 27.7 Å². The minimum atomic E-state index is -0.122. The molecule has 0 fully saturated rings. The number of carbonyl (C=O) groups excluding carboxylic acids is 1. The highest BCUT2D eigenvalue weighted by Gasteiger charge is 2.14. The van der Waals surface area contributed by atoms with E-state index in [0.29, 0.717) is 21.4 Å². The van der Waals surface area contributed by atoms with Crippen LogP contribution in [0.5, 0.6) is 5.75 Å². The van der Waals surface area contributed by atoms with E-state index in [1.807, 2.05) is 0 Å². The average molecular weight is 248 g/mol. The van der Waals surface area contributed by atoms with Crippen molar-refractivity contribution in [3.63, 3.8) is 0 Å². The van der Waals surface area contributed by atoms with Crippen molar-refractivity contribution in [1.29, 1.82) is 0 Å². The molecule has 0 aliphatic carbocycles. The minimum absolute atomic E-state index is 0.122. The summed E-state index contributed by atoms with van der Waals surface area (Å²) in [6, 6.07) is 3.10. The van der Waals surface area contributed by atoms with Gasteiger partial charge in [-0.05, 0) is 13.1 Å². The normalized spacial score (nSPS) is 10.1. The van der Waals surface area contributed by atoms with Crippen molar-refractivity contribution in [2.75, 3.05) is 20.7 Å². The van der Waals surface area contributed by atoms with Gasteiger partial charge in [-0.25, -0.2) is 0 Å². The fraction of sp³-hybridized carbons (Fsp3) is 0.300. The molecule has 1 N–H and O–H groups in total. The van der Waals surface area contributed by atoms with Gasteiger partial charge in [0.2, 0.25) is 0 Å². The number of ketones is 1. The lowest BCUT2D eigenvalue weighted by Gasteiger charge is -2.08. The third kappa shape index (κ3) is 2.84. The van der Waals surface area contributed by atoms with Crippen LogP contribution in [0.2, 0.25) is 10.0 Å². The highest BCUT2D eigenvalue weighted by Crippen LogP contribution is 2.31. The van der Waals surface area contributed by atoms with E-state index in [1.54, 1.807) is 13.1 Å². The molecule has 0 heterocycles. The van der Waals surface area contributed by atoms with Crippen molar-refractivity contribution in [2.24, 2.45) is 0 Å². The van der Waals surface area contributed by atoms with Crippen LogP contribution in [0, 0.1) is 0 Å². The van der Waals surface area contributed by atoms with E-state index in [2.05, 4.69) is 5.32 Å². The number of nitrogens with one attached hydrogen (secondary N) is 1. The molecule has 82 valence electrons. The maximum Gasteiger partial charge on any atom is 0.178 e. The monoisotopic (exact) mass is 247 g/mol. The molecular weight excluding hydrogens is 237 g/mol. The fourth-order valence-corrected chi connectivity index (χ4v) is 1.67. The van der Waals surface area contributed by atoms with Crippen LogP contribution in [0.1, 0.15) is 10.4 Å². The largest absolute Gasteiger partial charge is 0.495 e. The number of likely N-dealkylation sites (N-methyl/N-ethyl adjacent to an activating group) is 1. The predicted octanol–water partition coefficient (Wildman–Crippen LogP) is 2.40. The Labute approximate surface area is 98.3 Å². The van der Waals surface area contributed by atoms with E-state index >= 15 is 0 Å². The SMILES string of the molecule is CNCC(=O)c1cc(Cl)cc(OC)c1Cl. The first-order valence-electron chi connectivity index (χ1n) is 4.31. The van der Waals surface area contributed by atoms with Gasteiger partial charge in [0.15, 0.2) is 5.78 Å². The highest BCUT2D eigenvalue weighted by molar-refractivity contribution is 6.37. The van der Waals surface area contributed by atoms with Crippen molar-refractivity contribution >= 4 is 29.0 Å². The molecule has 1 aromatic carbocycles. The van der Waals surface area contributed by atoms with Gasteiger partial charge in [0.1, 0.15) is 5.75 Å². The number of Topliss-reactive ketones (excluding diaryl/α,β-unsaturated/α-hetero) is 1. The summed E-state index contributed by atoms with van der Waals surface area (Å²) in [7, 11) is 3.16. The number of rotatable bonds is 4. The summed E-state index contributed by atoms with van der Waals surface area (Å²) < 4.78 is 5.01. The molecule has 0 radical (unpaired) electrons. The Balaban J connectivity index is 3.17. The molecule has 1 aromatic rings. The second-order valence-electron chi connectivity index (χ2n) is 2.92. The number of carbonyl (C=O) groups is 1. The molecular formula is C10H11Cl2NO2. The van der Waals surface area contributed by atoms with Crippen LogP contribution in [0.15, 0.2) is 12.1 Å². The van der Waals surface area contributed by atoms with Gasteiger partial charge in [0.25, 0.3) is 0 Å². The Kier molecular flexibility index (Phi) is 4.39. The minimum Gasteiger partial charge on any atom is -0.495 e. The summed E-state index contributed by atoms with van der Waals surface area (Å²) in [6.45, 7) is 0.212. The molecule has 0 atom stereocenters. The Morgan fingerprint density at radius 3 is 2.67 bits per heavy atom. The molecule has 0 aliphatic rings. The molecule has 0 unspecified atom stereocenters. The molecule has 0 aliphatic heterocycles. The smallest absolute Gasteiger partial charge is 0.178 e. The summed E-state index contributed by atoms with van der Waals surface area (Å²) in [5.74, 6) is 0.284. The first-order valence-corrected chi connectivity index (χ1v) is 5.06. The van der Waals surface area contributed by atoms with Crippen molar-refractivity contribution < 1.29 is 9.53 Å². The molecule has 0 amide bonds. The maximum atomic E-state index is 11.6. The Morgan fingerprint density at radius 1 is 1.47 bits per heavy atom. The molecule has 0 bridgehead atoms. The van der Waals surface area contributed by atoms with Crippen LogP contribution in [-0.4, -0.2) is 26.5 Å². The predicted molar refractivity (Wildman–Crippen MR) is 61.3 cm³/mol. The van der Waals surface area contributed by atoms with Gasteiger partial charge < -0.3 is 10.1 Å². The van der Waals surface area contributed by atoms with E-state index in [4.69, 9.17) is 27.9 Å². The zero-order valence-corrected chi connectivity index (χ0v) is 9.95. The lowest BCUT2D eigenvalue weighted by molar-refractivity contribution is 0.0993. The molecule has 5 heteroatoms. The average Bonchev–Trinajstić information content (AvgIpc) is 2.21. The van der Waals surface area contributed by atoms with Crippen LogP contribution in [0.25, 0.3) is 0 Å². The Bertz CT molecular complexity index is 380. The summed E-state index contributed by atoms with van der Waals surface area (Å²) in [4.78, 5) is 11.6. The lowest BCUT2D eigenvalue weighted by atomic mass is 10.1. The van der Waals surface area contributed by atoms with Gasteiger partial charge in [0.05, 0.1) is 18.7 Å².